The number of carbonyl (C=O) groups excluding carboxylic acids is 1. The first-order valence-corrected chi connectivity index (χ1v) is 9.53. The highest BCUT2D eigenvalue weighted by atomic mass is 35.5. The third-order valence-electron chi connectivity index (χ3n) is 4.91. The van der Waals surface area contributed by atoms with Crippen LogP contribution in [0, 0.1) is 0 Å². The molecule has 0 aliphatic carbocycles. The minimum Gasteiger partial charge on any atom is -0.480 e. The molecule has 2 heterocycles. The van der Waals surface area contributed by atoms with E-state index in [0.717, 1.165) is 31.5 Å². The van der Waals surface area contributed by atoms with E-state index in [9.17, 15) is 4.79 Å². The quantitative estimate of drug-likeness (QED) is 0.718. The third kappa shape index (κ3) is 5.07. The van der Waals surface area contributed by atoms with Gasteiger partial charge in [-0.05, 0) is 42.0 Å². The lowest BCUT2D eigenvalue weighted by molar-refractivity contribution is -0.131. The maximum atomic E-state index is 12.6. The predicted molar refractivity (Wildman–Crippen MR) is 107 cm³/mol. The fourth-order valence-electron chi connectivity index (χ4n) is 3.32. The second-order valence-corrected chi connectivity index (χ2v) is 7.14. The summed E-state index contributed by atoms with van der Waals surface area (Å²) in [5, 5.41) is 0.168. The van der Waals surface area contributed by atoms with Crippen molar-refractivity contribution < 1.29 is 9.53 Å². The lowest BCUT2D eigenvalue weighted by Crippen LogP contribution is -2.36. The van der Waals surface area contributed by atoms with E-state index < -0.39 is 0 Å². The molecule has 1 aromatic heterocycles. The molecule has 27 heavy (non-hydrogen) atoms. The van der Waals surface area contributed by atoms with Gasteiger partial charge in [0.25, 0.3) is 0 Å². The van der Waals surface area contributed by atoms with Crippen LogP contribution in [0.2, 0.25) is 5.28 Å². The van der Waals surface area contributed by atoms with Crippen molar-refractivity contribution in [1.29, 1.82) is 0 Å². The summed E-state index contributed by atoms with van der Waals surface area (Å²) in [5.41, 5.74) is 3.28. The first-order valence-electron chi connectivity index (χ1n) is 9.15. The SMILES string of the molecule is COc1nc(Cl)ncc1C=C1CCN(C(=O)CC(C)c2ccccc2)CC1. The zero-order valence-electron chi connectivity index (χ0n) is 15.7. The average Bonchev–Trinajstić information content (AvgIpc) is 2.70. The molecule has 1 aliphatic rings. The Morgan fingerprint density at radius 1 is 1.30 bits per heavy atom. The number of methoxy groups -OCH3 is 1. The normalized spacial score (nSPS) is 15.4. The maximum Gasteiger partial charge on any atom is 0.225 e. The minimum absolute atomic E-state index is 0.168. The number of benzene rings is 1. The fourth-order valence-corrected chi connectivity index (χ4v) is 3.44. The van der Waals surface area contributed by atoms with Gasteiger partial charge in [0.05, 0.1) is 12.7 Å². The van der Waals surface area contributed by atoms with Crippen LogP contribution in [-0.4, -0.2) is 41.0 Å². The van der Waals surface area contributed by atoms with Crippen LogP contribution in [0.25, 0.3) is 6.08 Å². The second-order valence-electron chi connectivity index (χ2n) is 6.80. The van der Waals surface area contributed by atoms with E-state index in [1.807, 2.05) is 29.2 Å². The van der Waals surface area contributed by atoms with Gasteiger partial charge in [-0.15, -0.1) is 0 Å². The largest absolute Gasteiger partial charge is 0.480 e. The number of nitrogens with zero attached hydrogens (tertiary/aromatic N) is 3. The van der Waals surface area contributed by atoms with Gasteiger partial charge in [-0.25, -0.2) is 4.98 Å². The summed E-state index contributed by atoms with van der Waals surface area (Å²) in [6.45, 7) is 3.58. The molecule has 1 amide bonds. The van der Waals surface area contributed by atoms with Gasteiger partial charge in [-0.3, -0.25) is 4.79 Å². The van der Waals surface area contributed by atoms with Crippen molar-refractivity contribution in [3.8, 4) is 5.88 Å². The molecule has 0 bridgehead atoms. The molecule has 1 atom stereocenters. The summed E-state index contributed by atoms with van der Waals surface area (Å²) in [6.07, 6.45) is 5.94. The zero-order chi connectivity index (χ0) is 19.2. The highest BCUT2D eigenvalue weighted by molar-refractivity contribution is 6.28. The molecule has 3 rings (SSSR count). The van der Waals surface area contributed by atoms with E-state index in [4.69, 9.17) is 16.3 Å². The van der Waals surface area contributed by atoms with E-state index in [2.05, 4.69) is 29.0 Å². The van der Waals surface area contributed by atoms with Crippen LogP contribution in [-0.2, 0) is 4.79 Å². The molecule has 0 N–H and O–H groups in total. The molecule has 1 fully saturated rings. The minimum atomic E-state index is 0.168. The molecule has 0 saturated carbocycles. The van der Waals surface area contributed by atoms with E-state index in [1.165, 1.54) is 11.1 Å². The number of ether oxygens (including phenoxy) is 1. The lowest BCUT2D eigenvalue weighted by Gasteiger charge is -2.29. The molecule has 1 unspecified atom stereocenters. The van der Waals surface area contributed by atoms with Gasteiger partial charge in [0.15, 0.2) is 0 Å². The summed E-state index contributed by atoms with van der Waals surface area (Å²) in [6, 6.07) is 10.2. The number of rotatable bonds is 5. The van der Waals surface area contributed by atoms with Crippen LogP contribution >= 0.6 is 11.6 Å². The predicted octanol–water partition coefficient (Wildman–Crippen LogP) is 4.34. The molecular formula is C21H24ClN3O2. The Balaban J connectivity index is 1.58. The van der Waals surface area contributed by atoms with Crippen LogP contribution in [0.4, 0.5) is 0 Å². The van der Waals surface area contributed by atoms with Crippen LogP contribution in [0.15, 0.2) is 42.1 Å². The van der Waals surface area contributed by atoms with Crippen molar-refractivity contribution in [3.63, 3.8) is 0 Å². The molecule has 1 saturated heterocycles. The van der Waals surface area contributed by atoms with Gasteiger partial charge >= 0.3 is 0 Å². The molecule has 2 aromatic rings. The number of halogens is 1. The standard InChI is InChI=1S/C21H24ClN3O2/c1-15(17-6-4-3-5-7-17)12-19(26)25-10-8-16(9-11-25)13-18-14-23-21(22)24-20(18)27-2/h3-7,13-15H,8-12H2,1-2H3. The summed E-state index contributed by atoms with van der Waals surface area (Å²) in [5.74, 6) is 0.918. The van der Waals surface area contributed by atoms with Crippen LogP contribution in [0.3, 0.4) is 0 Å². The highest BCUT2D eigenvalue weighted by Crippen LogP contribution is 2.26. The monoisotopic (exact) mass is 385 g/mol. The van der Waals surface area contributed by atoms with E-state index >= 15 is 0 Å². The summed E-state index contributed by atoms with van der Waals surface area (Å²) >= 11 is 5.81. The summed E-state index contributed by atoms with van der Waals surface area (Å²) in [4.78, 5) is 22.7. The van der Waals surface area contributed by atoms with Crippen molar-refractivity contribution in [3.05, 3.63) is 58.5 Å². The number of amides is 1. The van der Waals surface area contributed by atoms with Gasteiger partial charge in [0, 0.05) is 25.7 Å². The van der Waals surface area contributed by atoms with Crippen LogP contribution in [0.5, 0.6) is 5.88 Å². The van der Waals surface area contributed by atoms with Gasteiger partial charge in [0.1, 0.15) is 0 Å². The maximum absolute atomic E-state index is 12.6. The van der Waals surface area contributed by atoms with Crippen LogP contribution < -0.4 is 4.74 Å². The topological polar surface area (TPSA) is 55.3 Å². The number of hydrogen-bond donors (Lipinski definition) is 0. The van der Waals surface area contributed by atoms with E-state index in [-0.39, 0.29) is 17.1 Å². The Morgan fingerprint density at radius 2 is 2.00 bits per heavy atom. The Morgan fingerprint density at radius 3 is 2.67 bits per heavy atom. The summed E-state index contributed by atoms with van der Waals surface area (Å²) in [7, 11) is 1.57. The van der Waals surface area contributed by atoms with Gasteiger partial charge in [-0.1, -0.05) is 42.8 Å². The van der Waals surface area contributed by atoms with Gasteiger partial charge in [0.2, 0.25) is 17.1 Å². The molecule has 142 valence electrons. The average molecular weight is 386 g/mol. The molecule has 6 heteroatoms. The molecule has 0 spiro atoms. The van der Waals surface area contributed by atoms with Gasteiger partial charge < -0.3 is 9.64 Å². The first-order chi connectivity index (χ1) is 13.1. The Kier molecular flexibility index (Phi) is 6.45. The molecular weight excluding hydrogens is 362 g/mol. The summed E-state index contributed by atoms with van der Waals surface area (Å²) < 4.78 is 5.27. The highest BCUT2D eigenvalue weighted by Gasteiger charge is 2.21. The number of piperidine rings is 1. The Hall–Kier alpha value is -2.40. The van der Waals surface area contributed by atoms with Crippen molar-refractivity contribution in [2.45, 2.75) is 32.1 Å². The van der Waals surface area contributed by atoms with Gasteiger partial charge in [-0.2, -0.15) is 4.98 Å². The number of aromatic nitrogens is 2. The third-order valence-corrected chi connectivity index (χ3v) is 5.09. The molecule has 5 nitrogen and oxygen atoms in total. The second kappa shape index (κ2) is 9.00. The van der Waals surface area contributed by atoms with Crippen molar-refractivity contribution >= 4 is 23.6 Å². The van der Waals surface area contributed by atoms with E-state index in [0.29, 0.717) is 12.3 Å². The molecule has 0 radical (unpaired) electrons. The van der Waals surface area contributed by atoms with E-state index in [1.54, 1.807) is 13.3 Å². The fraction of sp³-hybridized carbons (Fsp3) is 0.381. The number of carbonyl (C=O) groups is 1. The lowest BCUT2D eigenvalue weighted by atomic mass is 9.96. The van der Waals surface area contributed by atoms with Crippen molar-refractivity contribution in [1.82, 2.24) is 14.9 Å². The van der Waals surface area contributed by atoms with Crippen molar-refractivity contribution in [2.24, 2.45) is 0 Å². The Labute approximate surface area is 165 Å². The Bertz CT molecular complexity index is 813. The van der Waals surface area contributed by atoms with Crippen LogP contribution in [0.1, 0.15) is 43.2 Å². The van der Waals surface area contributed by atoms with Crippen molar-refractivity contribution in [2.75, 3.05) is 20.2 Å². The molecule has 1 aromatic carbocycles. The first kappa shape index (κ1) is 19.4. The number of hydrogen-bond acceptors (Lipinski definition) is 4. The smallest absolute Gasteiger partial charge is 0.225 e. The zero-order valence-corrected chi connectivity index (χ0v) is 16.4. The molecule has 1 aliphatic heterocycles. The number of likely N-dealkylation sites (tertiary alicyclic amines) is 1.